The molecule has 23 heavy (non-hydrogen) atoms. The van der Waals surface area contributed by atoms with Gasteiger partial charge in [0.2, 0.25) is 5.91 Å². The van der Waals surface area contributed by atoms with E-state index < -0.39 is 12.0 Å². The van der Waals surface area contributed by atoms with E-state index in [4.69, 9.17) is 14.6 Å². The van der Waals surface area contributed by atoms with Gasteiger partial charge in [-0.3, -0.25) is 4.79 Å². The molecule has 1 heterocycles. The molecule has 1 unspecified atom stereocenters. The van der Waals surface area contributed by atoms with E-state index in [1.54, 1.807) is 0 Å². The molecule has 2 N–H and O–H groups in total. The molecule has 0 spiro atoms. The molecule has 1 amide bonds. The van der Waals surface area contributed by atoms with Crippen molar-refractivity contribution in [2.45, 2.75) is 37.1 Å². The first-order chi connectivity index (χ1) is 11.1. The molecule has 0 aromatic heterocycles. The van der Waals surface area contributed by atoms with Gasteiger partial charge in [0.1, 0.15) is 19.3 Å². The van der Waals surface area contributed by atoms with E-state index in [1.807, 2.05) is 25.1 Å². The summed E-state index contributed by atoms with van der Waals surface area (Å²) in [6.07, 6.45) is 1.42. The lowest BCUT2D eigenvalue weighted by Gasteiger charge is -2.18. The number of amides is 1. The van der Waals surface area contributed by atoms with Crippen molar-refractivity contribution in [2.24, 2.45) is 0 Å². The van der Waals surface area contributed by atoms with E-state index in [1.165, 1.54) is 11.8 Å². The normalized spacial score (nSPS) is 14.1. The van der Waals surface area contributed by atoms with E-state index >= 15 is 0 Å². The number of ether oxygens (including phenoxy) is 2. The number of carboxylic acids is 1. The Kier molecular flexibility index (Phi) is 6.58. The molecule has 0 aliphatic carbocycles. The Labute approximate surface area is 139 Å². The summed E-state index contributed by atoms with van der Waals surface area (Å²) in [5.74, 6) is 0.807. The summed E-state index contributed by atoms with van der Waals surface area (Å²) in [5, 5.41) is 11.6. The van der Waals surface area contributed by atoms with Crippen LogP contribution in [0.25, 0.3) is 0 Å². The molecular weight excluding hydrogens is 318 g/mol. The summed E-state index contributed by atoms with van der Waals surface area (Å²) in [7, 11) is 0. The summed E-state index contributed by atoms with van der Waals surface area (Å²) in [6, 6.07) is 4.88. The third-order valence-corrected chi connectivity index (χ3v) is 4.32. The number of aliphatic carboxylic acids is 1. The monoisotopic (exact) mass is 339 g/mol. The highest BCUT2D eigenvalue weighted by molar-refractivity contribution is 7.99. The summed E-state index contributed by atoms with van der Waals surface area (Å²) in [4.78, 5) is 23.8. The van der Waals surface area contributed by atoms with E-state index in [-0.39, 0.29) is 12.3 Å². The molecule has 0 saturated carbocycles. The van der Waals surface area contributed by atoms with Crippen LogP contribution < -0.4 is 14.8 Å². The second kappa shape index (κ2) is 8.67. The molecule has 6 nitrogen and oxygen atoms in total. The van der Waals surface area contributed by atoms with Crippen LogP contribution in [0, 0.1) is 0 Å². The van der Waals surface area contributed by atoms with Crippen LogP contribution in [0.3, 0.4) is 0 Å². The van der Waals surface area contributed by atoms with Crippen molar-refractivity contribution >= 4 is 23.6 Å². The van der Waals surface area contributed by atoms with Gasteiger partial charge in [-0.2, -0.15) is 0 Å². The van der Waals surface area contributed by atoms with Crippen molar-refractivity contribution in [3.8, 4) is 11.5 Å². The van der Waals surface area contributed by atoms with E-state index in [0.29, 0.717) is 31.8 Å². The van der Waals surface area contributed by atoms with Crippen molar-refractivity contribution in [3.05, 3.63) is 18.2 Å². The van der Waals surface area contributed by atoms with Crippen molar-refractivity contribution < 1.29 is 24.2 Å². The standard InChI is InChI=1S/C16H21NO5S/c1-2-3-12(16(19)20)17-15(18)6-9-23-11-4-5-13-14(10-11)22-8-7-21-13/h4-5,10,12H,2-3,6-9H2,1H3,(H,17,18)(H,19,20). The Bertz CT molecular complexity index is 563. The first-order valence-electron chi connectivity index (χ1n) is 7.64. The van der Waals surface area contributed by atoms with Crippen molar-refractivity contribution in [1.82, 2.24) is 5.32 Å². The quantitative estimate of drug-likeness (QED) is 0.707. The zero-order valence-corrected chi connectivity index (χ0v) is 13.9. The maximum absolute atomic E-state index is 11.8. The van der Waals surface area contributed by atoms with Gasteiger partial charge in [-0.15, -0.1) is 11.8 Å². The molecule has 7 heteroatoms. The molecule has 1 aliphatic rings. The number of carbonyl (C=O) groups is 2. The number of hydrogen-bond acceptors (Lipinski definition) is 5. The number of thioether (sulfide) groups is 1. The third kappa shape index (κ3) is 5.35. The lowest BCUT2D eigenvalue weighted by molar-refractivity contribution is -0.142. The highest BCUT2D eigenvalue weighted by Gasteiger charge is 2.18. The lowest BCUT2D eigenvalue weighted by atomic mass is 10.1. The Morgan fingerprint density at radius 2 is 2.04 bits per heavy atom. The van der Waals surface area contributed by atoms with Crippen LogP contribution in [0.2, 0.25) is 0 Å². The molecule has 1 atom stereocenters. The minimum absolute atomic E-state index is 0.240. The van der Waals surface area contributed by atoms with Gasteiger partial charge >= 0.3 is 5.97 Å². The number of rotatable bonds is 8. The first-order valence-corrected chi connectivity index (χ1v) is 8.63. The predicted molar refractivity (Wildman–Crippen MR) is 87.2 cm³/mol. The second-order valence-electron chi connectivity index (χ2n) is 5.15. The fraction of sp³-hybridized carbons (Fsp3) is 0.500. The minimum Gasteiger partial charge on any atom is -0.486 e. The smallest absolute Gasteiger partial charge is 0.326 e. The van der Waals surface area contributed by atoms with Gasteiger partial charge in [0.05, 0.1) is 0 Å². The van der Waals surface area contributed by atoms with Crippen LogP contribution >= 0.6 is 11.8 Å². The summed E-state index contributed by atoms with van der Waals surface area (Å²) < 4.78 is 11.0. The molecule has 1 aromatic carbocycles. The number of benzene rings is 1. The van der Waals surface area contributed by atoms with Gasteiger partial charge in [-0.25, -0.2) is 4.79 Å². The summed E-state index contributed by atoms with van der Waals surface area (Å²) >= 11 is 1.53. The average molecular weight is 339 g/mol. The number of fused-ring (bicyclic) bond motifs is 1. The second-order valence-corrected chi connectivity index (χ2v) is 6.32. The zero-order chi connectivity index (χ0) is 16.7. The topological polar surface area (TPSA) is 84.9 Å². The minimum atomic E-state index is -0.986. The SMILES string of the molecule is CCCC(NC(=O)CCSc1ccc2c(c1)OCCO2)C(=O)O. The number of nitrogens with one attached hydrogen (secondary N) is 1. The van der Waals surface area contributed by atoms with Gasteiger partial charge in [0, 0.05) is 17.1 Å². The maximum Gasteiger partial charge on any atom is 0.326 e. The molecule has 1 aliphatic heterocycles. The number of carboxylic acid groups (broad SMARTS) is 1. The summed E-state index contributed by atoms with van der Waals surface area (Å²) in [5.41, 5.74) is 0. The van der Waals surface area contributed by atoms with Gasteiger partial charge in [0.25, 0.3) is 0 Å². The molecule has 2 rings (SSSR count). The molecule has 0 radical (unpaired) electrons. The Morgan fingerprint density at radius 3 is 2.74 bits per heavy atom. The van der Waals surface area contributed by atoms with Crippen LogP contribution in [0.4, 0.5) is 0 Å². The number of hydrogen-bond donors (Lipinski definition) is 2. The zero-order valence-electron chi connectivity index (χ0n) is 13.0. The molecule has 0 saturated heterocycles. The van der Waals surface area contributed by atoms with Gasteiger partial charge in [-0.05, 0) is 24.6 Å². The third-order valence-electron chi connectivity index (χ3n) is 3.32. The van der Waals surface area contributed by atoms with Gasteiger partial charge in [-0.1, -0.05) is 13.3 Å². The van der Waals surface area contributed by atoms with Crippen LogP contribution in [-0.2, 0) is 9.59 Å². The molecule has 0 fully saturated rings. The Balaban J connectivity index is 1.78. The lowest BCUT2D eigenvalue weighted by Crippen LogP contribution is -2.40. The largest absolute Gasteiger partial charge is 0.486 e. The Hall–Kier alpha value is -1.89. The van der Waals surface area contributed by atoms with Crippen molar-refractivity contribution in [1.29, 1.82) is 0 Å². The summed E-state index contributed by atoms with van der Waals surface area (Å²) in [6.45, 7) is 2.99. The maximum atomic E-state index is 11.8. The Morgan fingerprint density at radius 1 is 1.30 bits per heavy atom. The van der Waals surface area contributed by atoms with E-state index in [0.717, 1.165) is 16.4 Å². The first kappa shape index (κ1) is 17.5. The molecule has 1 aromatic rings. The van der Waals surface area contributed by atoms with Crippen LogP contribution in [-0.4, -0.2) is 42.0 Å². The van der Waals surface area contributed by atoms with Crippen LogP contribution in [0.1, 0.15) is 26.2 Å². The predicted octanol–water partition coefficient (Wildman–Crippen LogP) is 2.31. The fourth-order valence-corrected chi connectivity index (χ4v) is 3.07. The van der Waals surface area contributed by atoms with E-state index in [2.05, 4.69) is 5.32 Å². The molecular formula is C16H21NO5S. The van der Waals surface area contributed by atoms with Crippen LogP contribution in [0.5, 0.6) is 11.5 Å². The number of carbonyl (C=O) groups excluding carboxylic acids is 1. The highest BCUT2D eigenvalue weighted by atomic mass is 32.2. The van der Waals surface area contributed by atoms with Crippen LogP contribution in [0.15, 0.2) is 23.1 Å². The van der Waals surface area contributed by atoms with Crippen molar-refractivity contribution in [2.75, 3.05) is 19.0 Å². The fourth-order valence-electron chi connectivity index (χ4n) is 2.19. The van der Waals surface area contributed by atoms with Gasteiger partial charge in [0.15, 0.2) is 11.5 Å². The molecule has 126 valence electrons. The van der Waals surface area contributed by atoms with Crippen molar-refractivity contribution in [3.63, 3.8) is 0 Å². The molecule has 0 bridgehead atoms. The van der Waals surface area contributed by atoms with Gasteiger partial charge < -0.3 is 19.9 Å². The highest BCUT2D eigenvalue weighted by Crippen LogP contribution is 2.34. The van der Waals surface area contributed by atoms with E-state index in [9.17, 15) is 9.59 Å². The average Bonchev–Trinajstić information content (AvgIpc) is 2.54.